The number of aromatic nitrogens is 2. The maximum absolute atomic E-state index is 12.8. The van der Waals surface area contributed by atoms with E-state index >= 15 is 0 Å². The van der Waals surface area contributed by atoms with Crippen LogP contribution >= 0.6 is 0 Å². The summed E-state index contributed by atoms with van der Waals surface area (Å²) in [7, 11) is 1.75. The average molecular weight is 305 g/mol. The monoisotopic (exact) mass is 305 g/mol. The third-order valence-corrected chi connectivity index (χ3v) is 4.20. The number of nitrogens with one attached hydrogen (secondary N) is 1. The Balaban J connectivity index is 1.90. The van der Waals surface area contributed by atoms with Gasteiger partial charge < -0.3 is 10.4 Å². The van der Waals surface area contributed by atoms with E-state index in [1.54, 1.807) is 31.0 Å². The van der Waals surface area contributed by atoms with Crippen LogP contribution in [0.1, 0.15) is 38.2 Å². The first-order valence-corrected chi connectivity index (χ1v) is 7.20. The largest absolute Gasteiger partial charge is 0.391 e. The van der Waals surface area contributed by atoms with Crippen LogP contribution in [0.3, 0.4) is 0 Å². The molecule has 2 N–H and O–H groups in total. The number of aliphatic hydroxyl groups is 1. The number of alkyl halides is 3. The Morgan fingerprint density at radius 3 is 2.71 bits per heavy atom. The third kappa shape index (κ3) is 4.20. The molecule has 0 amide bonds. The Labute approximate surface area is 122 Å². The molecule has 0 aromatic carbocycles. The van der Waals surface area contributed by atoms with Crippen molar-refractivity contribution in [3.63, 3.8) is 0 Å². The first kappa shape index (κ1) is 16.3. The van der Waals surface area contributed by atoms with Crippen LogP contribution in [-0.2, 0) is 12.6 Å². The van der Waals surface area contributed by atoms with Crippen molar-refractivity contribution in [1.29, 1.82) is 0 Å². The van der Waals surface area contributed by atoms with Crippen molar-refractivity contribution in [2.24, 2.45) is 13.0 Å². The Morgan fingerprint density at radius 1 is 1.43 bits per heavy atom. The van der Waals surface area contributed by atoms with Crippen LogP contribution in [0.4, 0.5) is 13.2 Å². The topological polar surface area (TPSA) is 50.1 Å². The van der Waals surface area contributed by atoms with E-state index in [4.69, 9.17) is 0 Å². The molecule has 0 aliphatic heterocycles. The van der Waals surface area contributed by atoms with Gasteiger partial charge in [-0.05, 0) is 26.2 Å². The zero-order chi connectivity index (χ0) is 15.7. The molecule has 3 unspecified atom stereocenters. The Hall–Kier alpha value is -1.08. The summed E-state index contributed by atoms with van der Waals surface area (Å²) < 4.78 is 39.9. The van der Waals surface area contributed by atoms with Crippen molar-refractivity contribution in [1.82, 2.24) is 15.1 Å². The van der Waals surface area contributed by atoms with E-state index in [1.807, 2.05) is 0 Å². The van der Waals surface area contributed by atoms with Gasteiger partial charge in [0.1, 0.15) is 5.60 Å². The third-order valence-electron chi connectivity index (χ3n) is 4.20. The minimum absolute atomic E-state index is 0.0899. The van der Waals surface area contributed by atoms with Crippen LogP contribution in [0.15, 0.2) is 12.4 Å². The lowest BCUT2D eigenvalue weighted by Crippen LogP contribution is -2.44. The average Bonchev–Trinajstić information content (AvgIpc) is 2.83. The lowest BCUT2D eigenvalue weighted by atomic mass is 9.85. The van der Waals surface area contributed by atoms with Gasteiger partial charge >= 0.3 is 6.18 Å². The van der Waals surface area contributed by atoms with Crippen LogP contribution in [0.2, 0.25) is 0 Å². The molecule has 120 valence electrons. The molecule has 21 heavy (non-hydrogen) atoms. The lowest BCUT2D eigenvalue weighted by molar-refractivity contribution is -0.183. The molecule has 1 saturated carbocycles. The molecule has 0 saturated heterocycles. The van der Waals surface area contributed by atoms with Gasteiger partial charge in [0.05, 0.1) is 12.1 Å². The molecule has 0 radical (unpaired) electrons. The Morgan fingerprint density at radius 2 is 2.14 bits per heavy atom. The quantitative estimate of drug-likeness (QED) is 0.898. The van der Waals surface area contributed by atoms with Gasteiger partial charge in [0.2, 0.25) is 0 Å². The van der Waals surface area contributed by atoms with E-state index in [1.165, 1.54) is 0 Å². The molecule has 0 bridgehead atoms. The summed E-state index contributed by atoms with van der Waals surface area (Å²) in [5.74, 6) is -1.23. The van der Waals surface area contributed by atoms with Gasteiger partial charge in [-0.15, -0.1) is 0 Å². The molecule has 3 atom stereocenters. The summed E-state index contributed by atoms with van der Waals surface area (Å²) in [6.45, 7) is 1.86. The predicted molar refractivity (Wildman–Crippen MR) is 72.6 cm³/mol. The van der Waals surface area contributed by atoms with Crippen LogP contribution in [0.25, 0.3) is 0 Å². The summed E-state index contributed by atoms with van der Waals surface area (Å²) in [4.78, 5) is 0. The first-order chi connectivity index (χ1) is 9.68. The SMILES string of the molecule is Cn1cc(C(C)(O)CNC2CCCC(C(F)(F)F)C2)cn1. The fraction of sp³-hybridized carbons (Fsp3) is 0.786. The maximum atomic E-state index is 12.8. The highest BCUT2D eigenvalue weighted by molar-refractivity contribution is 5.14. The van der Waals surface area contributed by atoms with Crippen molar-refractivity contribution in [2.75, 3.05) is 6.54 Å². The molecule has 1 aromatic heterocycles. The molecule has 4 nitrogen and oxygen atoms in total. The van der Waals surface area contributed by atoms with E-state index in [0.717, 1.165) is 6.42 Å². The molecule has 1 heterocycles. The number of hydrogen-bond donors (Lipinski definition) is 2. The molecule has 1 aliphatic carbocycles. The number of nitrogens with zero attached hydrogens (tertiary/aromatic N) is 2. The lowest BCUT2D eigenvalue weighted by Gasteiger charge is -2.33. The first-order valence-electron chi connectivity index (χ1n) is 7.20. The van der Waals surface area contributed by atoms with Gasteiger partial charge in [-0.25, -0.2) is 0 Å². The van der Waals surface area contributed by atoms with Crippen LogP contribution in [0.5, 0.6) is 0 Å². The van der Waals surface area contributed by atoms with Gasteiger partial charge in [0.15, 0.2) is 0 Å². The number of rotatable bonds is 4. The highest BCUT2D eigenvalue weighted by atomic mass is 19.4. The number of halogens is 3. The van der Waals surface area contributed by atoms with E-state index < -0.39 is 17.7 Å². The minimum atomic E-state index is -4.12. The normalized spacial score (nSPS) is 26.6. The highest BCUT2D eigenvalue weighted by Crippen LogP contribution is 2.37. The number of aryl methyl sites for hydroxylation is 1. The van der Waals surface area contributed by atoms with E-state index in [-0.39, 0.29) is 25.4 Å². The highest BCUT2D eigenvalue weighted by Gasteiger charge is 2.42. The number of hydrogen-bond acceptors (Lipinski definition) is 3. The fourth-order valence-corrected chi connectivity index (χ4v) is 2.82. The summed E-state index contributed by atoms with van der Waals surface area (Å²) in [5, 5.41) is 17.5. The van der Waals surface area contributed by atoms with E-state index in [0.29, 0.717) is 12.0 Å². The fourth-order valence-electron chi connectivity index (χ4n) is 2.82. The van der Waals surface area contributed by atoms with Crippen LogP contribution < -0.4 is 5.32 Å². The van der Waals surface area contributed by atoms with Crippen molar-refractivity contribution >= 4 is 0 Å². The minimum Gasteiger partial charge on any atom is -0.384 e. The van der Waals surface area contributed by atoms with Crippen molar-refractivity contribution in [3.05, 3.63) is 18.0 Å². The van der Waals surface area contributed by atoms with Crippen molar-refractivity contribution in [2.45, 2.75) is 50.4 Å². The summed E-state index contributed by atoms with van der Waals surface area (Å²) in [6.07, 6.45) is 0.744. The zero-order valence-corrected chi connectivity index (χ0v) is 12.3. The molecule has 1 aromatic rings. The van der Waals surface area contributed by atoms with Crippen LogP contribution in [0, 0.1) is 5.92 Å². The van der Waals surface area contributed by atoms with Crippen molar-refractivity contribution < 1.29 is 18.3 Å². The van der Waals surface area contributed by atoms with E-state index in [2.05, 4.69) is 10.4 Å². The maximum Gasteiger partial charge on any atom is 0.391 e. The second kappa shape index (κ2) is 5.96. The Kier molecular flexibility index (Phi) is 4.63. The van der Waals surface area contributed by atoms with Gasteiger partial charge in [-0.1, -0.05) is 6.42 Å². The zero-order valence-electron chi connectivity index (χ0n) is 12.3. The Bertz CT molecular complexity index is 470. The molecule has 0 spiro atoms. The summed E-state index contributed by atoms with van der Waals surface area (Å²) in [6, 6.07) is -0.200. The van der Waals surface area contributed by atoms with E-state index in [9.17, 15) is 18.3 Å². The second-order valence-corrected chi connectivity index (χ2v) is 6.16. The molecule has 2 rings (SSSR count). The standard InChI is InChI=1S/C14H22F3N3O/c1-13(21,11-7-19-20(2)8-11)9-18-12-5-3-4-10(6-12)14(15,16)17/h7-8,10,12,18,21H,3-6,9H2,1-2H3. The predicted octanol–water partition coefficient (Wildman–Crippen LogP) is 2.34. The van der Waals surface area contributed by atoms with Gasteiger partial charge in [0, 0.05) is 31.4 Å². The van der Waals surface area contributed by atoms with Gasteiger partial charge in [-0.3, -0.25) is 4.68 Å². The summed E-state index contributed by atoms with van der Waals surface area (Å²) in [5.41, 5.74) is -0.486. The van der Waals surface area contributed by atoms with Crippen molar-refractivity contribution in [3.8, 4) is 0 Å². The molecular formula is C14H22F3N3O. The summed E-state index contributed by atoms with van der Waals surface area (Å²) >= 11 is 0. The molecular weight excluding hydrogens is 283 g/mol. The smallest absolute Gasteiger partial charge is 0.384 e. The molecule has 7 heteroatoms. The molecule has 1 fully saturated rings. The molecule has 1 aliphatic rings. The van der Waals surface area contributed by atoms with Crippen LogP contribution in [-0.4, -0.2) is 33.6 Å². The van der Waals surface area contributed by atoms with Gasteiger partial charge in [0.25, 0.3) is 0 Å². The van der Waals surface area contributed by atoms with Gasteiger partial charge in [-0.2, -0.15) is 18.3 Å². The second-order valence-electron chi connectivity index (χ2n) is 6.16.